The van der Waals surface area contributed by atoms with Crippen molar-refractivity contribution in [1.29, 1.82) is 0 Å². The zero-order valence-electron chi connectivity index (χ0n) is 6.27. The summed E-state index contributed by atoms with van der Waals surface area (Å²) < 4.78 is 0.903. The van der Waals surface area contributed by atoms with Gasteiger partial charge < -0.3 is 5.11 Å². The molecule has 1 rings (SSSR count). The van der Waals surface area contributed by atoms with Crippen LogP contribution >= 0.6 is 23.1 Å². The lowest BCUT2D eigenvalue weighted by Gasteiger charge is -1.93. The molecule has 12 heavy (non-hydrogen) atoms. The third-order valence-electron chi connectivity index (χ3n) is 1.10. The smallest absolute Gasteiger partial charge is 0.303 e. The lowest BCUT2D eigenvalue weighted by atomic mass is 10.3. The van der Waals surface area contributed by atoms with Crippen molar-refractivity contribution >= 4 is 29.1 Å². The first-order chi connectivity index (χ1) is 5.79. The van der Waals surface area contributed by atoms with Gasteiger partial charge in [0, 0.05) is 12.2 Å². The number of nitrogens with zero attached hydrogens (tertiary/aromatic N) is 2. The number of thioether (sulfide) groups is 1. The first-order valence-electron chi connectivity index (χ1n) is 3.40. The van der Waals surface area contributed by atoms with Gasteiger partial charge in [-0.15, -0.1) is 10.2 Å². The largest absolute Gasteiger partial charge is 0.481 e. The van der Waals surface area contributed by atoms with Crippen molar-refractivity contribution < 1.29 is 9.90 Å². The zero-order valence-corrected chi connectivity index (χ0v) is 7.90. The molecule has 4 nitrogen and oxygen atoms in total. The maximum absolute atomic E-state index is 10.1. The minimum absolute atomic E-state index is 0.228. The van der Waals surface area contributed by atoms with Gasteiger partial charge in [0.2, 0.25) is 0 Å². The summed E-state index contributed by atoms with van der Waals surface area (Å²) in [5.74, 6) is 0.0504. The Morgan fingerprint density at radius 2 is 2.58 bits per heavy atom. The first-order valence-corrected chi connectivity index (χ1v) is 5.26. The van der Waals surface area contributed by atoms with Gasteiger partial charge in [0.05, 0.1) is 0 Å². The SMILES string of the molecule is O=C(O)CCCSc1nncs1. The fourth-order valence-electron chi connectivity index (χ4n) is 0.609. The van der Waals surface area contributed by atoms with Crippen molar-refractivity contribution in [3.8, 4) is 0 Å². The number of hydrogen-bond acceptors (Lipinski definition) is 5. The molecule has 1 N–H and O–H groups in total. The van der Waals surface area contributed by atoms with Gasteiger partial charge in [-0.1, -0.05) is 23.1 Å². The number of rotatable bonds is 5. The molecule has 0 aliphatic rings. The molecule has 0 unspecified atom stereocenters. The van der Waals surface area contributed by atoms with Gasteiger partial charge >= 0.3 is 5.97 Å². The van der Waals surface area contributed by atoms with Crippen LogP contribution in [0.25, 0.3) is 0 Å². The van der Waals surface area contributed by atoms with Crippen molar-refractivity contribution in [2.24, 2.45) is 0 Å². The van der Waals surface area contributed by atoms with Crippen molar-refractivity contribution in [2.45, 2.75) is 17.2 Å². The van der Waals surface area contributed by atoms with Crippen LogP contribution in [0.4, 0.5) is 0 Å². The van der Waals surface area contributed by atoms with Crippen LogP contribution < -0.4 is 0 Å². The van der Waals surface area contributed by atoms with Crippen molar-refractivity contribution in [3.63, 3.8) is 0 Å². The molecule has 0 saturated carbocycles. The van der Waals surface area contributed by atoms with Gasteiger partial charge in [-0.25, -0.2) is 0 Å². The average molecular weight is 204 g/mol. The van der Waals surface area contributed by atoms with Gasteiger partial charge in [0.1, 0.15) is 5.51 Å². The van der Waals surface area contributed by atoms with E-state index in [2.05, 4.69) is 10.2 Å². The minimum Gasteiger partial charge on any atom is -0.481 e. The number of carbonyl (C=O) groups is 1. The number of carboxylic acids is 1. The minimum atomic E-state index is -0.743. The highest BCUT2D eigenvalue weighted by molar-refractivity contribution is 8.00. The predicted molar refractivity (Wildman–Crippen MR) is 47.5 cm³/mol. The van der Waals surface area contributed by atoms with Crippen LogP contribution in [0.5, 0.6) is 0 Å². The number of carboxylic acid groups (broad SMARTS) is 1. The van der Waals surface area contributed by atoms with E-state index in [0.29, 0.717) is 6.42 Å². The Bertz CT molecular complexity index is 238. The molecule has 0 aliphatic heterocycles. The number of aromatic nitrogens is 2. The van der Waals surface area contributed by atoms with Crippen LogP contribution in [0.2, 0.25) is 0 Å². The molecule has 0 bridgehead atoms. The summed E-state index contributed by atoms with van der Waals surface area (Å²) in [6, 6.07) is 0. The summed E-state index contributed by atoms with van der Waals surface area (Å²) in [6.45, 7) is 0. The van der Waals surface area contributed by atoms with Crippen molar-refractivity contribution in [2.75, 3.05) is 5.75 Å². The molecule has 0 atom stereocenters. The highest BCUT2D eigenvalue weighted by atomic mass is 32.2. The fourth-order valence-corrected chi connectivity index (χ4v) is 2.11. The Hall–Kier alpha value is -0.620. The molecule has 66 valence electrons. The molecule has 0 spiro atoms. The zero-order chi connectivity index (χ0) is 8.81. The molecular weight excluding hydrogens is 196 g/mol. The molecule has 6 heteroatoms. The van der Waals surface area contributed by atoms with E-state index in [4.69, 9.17) is 5.11 Å². The van der Waals surface area contributed by atoms with Crippen molar-refractivity contribution in [1.82, 2.24) is 10.2 Å². The van der Waals surface area contributed by atoms with Gasteiger partial charge in [-0.3, -0.25) is 4.79 Å². The second kappa shape index (κ2) is 5.10. The van der Waals surface area contributed by atoms with E-state index in [1.807, 2.05) is 0 Å². The highest BCUT2D eigenvalue weighted by Crippen LogP contribution is 2.19. The summed E-state index contributed by atoms with van der Waals surface area (Å²) >= 11 is 3.03. The van der Waals surface area contributed by atoms with E-state index in [9.17, 15) is 4.79 Å². The van der Waals surface area contributed by atoms with Crippen LogP contribution in [0.3, 0.4) is 0 Å². The summed E-state index contributed by atoms with van der Waals surface area (Å²) in [4.78, 5) is 10.1. The predicted octanol–water partition coefficient (Wildman–Crippen LogP) is 1.50. The molecular formula is C6H8N2O2S2. The molecule has 1 aromatic rings. The molecule has 0 fully saturated rings. The van der Waals surface area contributed by atoms with E-state index < -0.39 is 5.97 Å². The Morgan fingerprint density at radius 3 is 3.17 bits per heavy atom. The topological polar surface area (TPSA) is 63.1 Å². The van der Waals surface area contributed by atoms with Gasteiger partial charge in [0.15, 0.2) is 4.34 Å². The number of aliphatic carboxylic acids is 1. The van der Waals surface area contributed by atoms with Crippen LogP contribution in [-0.4, -0.2) is 27.0 Å². The maximum Gasteiger partial charge on any atom is 0.303 e. The van der Waals surface area contributed by atoms with Crippen LogP contribution in [0.1, 0.15) is 12.8 Å². The lowest BCUT2D eigenvalue weighted by molar-refractivity contribution is -0.137. The van der Waals surface area contributed by atoms with Crippen LogP contribution in [-0.2, 0) is 4.79 Å². The van der Waals surface area contributed by atoms with Crippen LogP contribution in [0.15, 0.2) is 9.85 Å². The van der Waals surface area contributed by atoms with Gasteiger partial charge in [0.25, 0.3) is 0 Å². The van der Waals surface area contributed by atoms with Crippen molar-refractivity contribution in [3.05, 3.63) is 5.51 Å². The summed E-state index contributed by atoms with van der Waals surface area (Å²) in [5, 5.41) is 15.8. The average Bonchev–Trinajstić information content (AvgIpc) is 2.49. The summed E-state index contributed by atoms with van der Waals surface area (Å²) in [6.07, 6.45) is 0.908. The molecule has 1 aromatic heterocycles. The molecule has 1 heterocycles. The highest BCUT2D eigenvalue weighted by Gasteiger charge is 1.99. The monoisotopic (exact) mass is 204 g/mol. The van der Waals surface area contributed by atoms with E-state index in [1.165, 1.54) is 11.3 Å². The summed E-state index contributed by atoms with van der Waals surface area (Å²) in [7, 11) is 0. The summed E-state index contributed by atoms with van der Waals surface area (Å²) in [5.41, 5.74) is 1.67. The Morgan fingerprint density at radius 1 is 1.75 bits per heavy atom. The van der Waals surface area contributed by atoms with E-state index in [-0.39, 0.29) is 6.42 Å². The van der Waals surface area contributed by atoms with Gasteiger partial charge in [-0.05, 0) is 6.42 Å². The third kappa shape index (κ3) is 3.68. The fraction of sp³-hybridized carbons (Fsp3) is 0.500. The molecule has 0 amide bonds. The van der Waals surface area contributed by atoms with E-state index in [1.54, 1.807) is 17.3 Å². The third-order valence-corrected chi connectivity index (χ3v) is 3.05. The van der Waals surface area contributed by atoms with E-state index in [0.717, 1.165) is 10.1 Å². The van der Waals surface area contributed by atoms with E-state index >= 15 is 0 Å². The second-order valence-electron chi connectivity index (χ2n) is 2.05. The first kappa shape index (κ1) is 9.47. The maximum atomic E-state index is 10.1. The molecule has 0 aromatic carbocycles. The Kier molecular flexibility index (Phi) is 4.02. The molecule has 0 radical (unpaired) electrons. The standard InChI is InChI=1S/C6H8N2O2S2/c9-5(10)2-1-3-11-6-8-7-4-12-6/h4H,1-3H2,(H,9,10). The quantitative estimate of drug-likeness (QED) is 0.581. The molecule has 0 saturated heterocycles. The lowest BCUT2D eigenvalue weighted by Crippen LogP contribution is -1.94. The normalized spacial score (nSPS) is 10.0. The van der Waals surface area contributed by atoms with Crippen LogP contribution in [0, 0.1) is 0 Å². The second-order valence-corrected chi connectivity index (χ2v) is 4.23. The Balaban J connectivity index is 2.07. The van der Waals surface area contributed by atoms with Gasteiger partial charge in [-0.2, -0.15) is 0 Å². The Labute approximate surface area is 78.0 Å². The number of hydrogen-bond donors (Lipinski definition) is 1. The molecule has 0 aliphatic carbocycles.